The summed E-state index contributed by atoms with van der Waals surface area (Å²) in [6, 6.07) is 14.1. The highest BCUT2D eigenvalue weighted by Crippen LogP contribution is 2.45. The van der Waals surface area contributed by atoms with E-state index in [1.807, 2.05) is 29.6 Å². The molecule has 0 unspecified atom stereocenters. The number of benzene rings is 2. The first kappa shape index (κ1) is 21.8. The SMILES string of the molecule is O=C(O)C1(Sc2nc(CCOc3ccc(-c4ccc(F)cc4)cc3)cs2)CCCCC1. The summed E-state index contributed by atoms with van der Waals surface area (Å²) in [5.74, 6) is -0.201. The van der Waals surface area contributed by atoms with Crippen LogP contribution in [-0.4, -0.2) is 27.4 Å². The van der Waals surface area contributed by atoms with Crippen molar-refractivity contribution in [1.29, 1.82) is 0 Å². The molecule has 162 valence electrons. The van der Waals surface area contributed by atoms with E-state index in [-0.39, 0.29) is 5.82 Å². The Balaban J connectivity index is 1.30. The van der Waals surface area contributed by atoms with Gasteiger partial charge >= 0.3 is 5.97 Å². The van der Waals surface area contributed by atoms with Crippen molar-refractivity contribution in [3.8, 4) is 16.9 Å². The molecule has 1 fully saturated rings. The molecule has 4 rings (SSSR count). The number of hydrogen-bond acceptors (Lipinski definition) is 5. The van der Waals surface area contributed by atoms with Crippen LogP contribution in [0.2, 0.25) is 0 Å². The number of thiazole rings is 1. The first-order valence-corrected chi connectivity index (χ1v) is 12.1. The Kier molecular flexibility index (Phi) is 6.92. The number of halogens is 1. The van der Waals surface area contributed by atoms with Crippen molar-refractivity contribution in [2.75, 3.05) is 6.61 Å². The van der Waals surface area contributed by atoms with Crippen LogP contribution in [0.3, 0.4) is 0 Å². The van der Waals surface area contributed by atoms with Gasteiger partial charge in [-0.3, -0.25) is 4.79 Å². The van der Waals surface area contributed by atoms with Gasteiger partial charge in [0, 0.05) is 11.8 Å². The van der Waals surface area contributed by atoms with Crippen LogP contribution in [0, 0.1) is 5.82 Å². The van der Waals surface area contributed by atoms with E-state index in [1.54, 1.807) is 12.1 Å². The lowest BCUT2D eigenvalue weighted by Crippen LogP contribution is -2.37. The summed E-state index contributed by atoms with van der Waals surface area (Å²) < 4.78 is 19.0. The van der Waals surface area contributed by atoms with Gasteiger partial charge in [-0.1, -0.05) is 55.3 Å². The molecule has 0 bridgehead atoms. The topological polar surface area (TPSA) is 59.4 Å². The summed E-state index contributed by atoms with van der Waals surface area (Å²) in [5.41, 5.74) is 2.88. The molecule has 1 N–H and O–H groups in total. The summed E-state index contributed by atoms with van der Waals surface area (Å²) in [6.45, 7) is 0.494. The minimum absolute atomic E-state index is 0.246. The van der Waals surface area contributed by atoms with E-state index in [1.165, 1.54) is 35.2 Å². The molecule has 0 amide bonds. The second-order valence-electron chi connectivity index (χ2n) is 7.70. The lowest BCUT2D eigenvalue weighted by Gasteiger charge is -2.31. The summed E-state index contributed by atoms with van der Waals surface area (Å²) in [4.78, 5) is 16.5. The van der Waals surface area contributed by atoms with Crippen LogP contribution in [0.4, 0.5) is 4.39 Å². The van der Waals surface area contributed by atoms with E-state index in [0.29, 0.717) is 25.9 Å². The van der Waals surface area contributed by atoms with E-state index < -0.39 is 10.7 Å². The molecule has 1 aromatic heterocycles. The number of carbonyl (C=O) groups is 1. The molecule has 3 aromatic rings. The van der Waals surface area contributed by atoms with Crippen LogP contribution in [0.15, 0.2) is 58.3 Å². The van der Waals surface area contributed by atoms with Gasteiger partial charge < -0.3 is 9.84 Å². The van der Waals surface area contributed by atoms with Crippen LogP contribution < -0.4 is 4.74 Å². The molecular formula is C24H24FNO3S2. The Hall–Kier alpha value is -2.38. The smallest absolute Gasteiger partial charge is 0.320 e. The summed E-state index contributed by atoms with van der Waals surface area (Å²) in [5, 5.41) is 11.7. The highest BCUT2D eigenvalue weighted by Gasteiger charge is 2.41. The number of nitrogens with zero attached hydrogens (tertiary/aromatic N) is 1. The van der Waals surface area contributed by atoms with Crippen molar-refractivity contribution in [2.24, 2.45) is 0 Å². The number of carboxylic acid groups (broad SMARTS) is 1. The fourth-order valence-electron chi connectivity index (χ4n) is 3.76. The van der Waals surface area contributed by atoms with Crippen molar-refractivity contribution in [1.82, 2.24) is 4.98 Å². The second-order valence-corrected chi connectivity index (χ2v) is 10.2. The van der Waals surface area contributed by atoms with Gasteiger partial charge in [0.2, 0.25) is 0 Å². The van der Waals surface area contributed by atoms with E-state index in [9.17, 15) is 14.3 Å². The number of aliphatic carboxylic acids is 1. The molecule has 0 atom stereocenters. The van der Waals surface area contributed by atoms with Crippen LogP contribution in [0.5, 0.6) is 5.75 Å². The van der Waals surface area contributed by atoms with Crippen molar-refractivity contribution in [2.45, 2.75) is 47.6 Å². The van der Waals surface area contributed by atoms with Gasteiger partial charge in [0.25, 0.3) is 0 Å². The first-order chi connectivity index (χ1) is 15.0. The van der Waals surface area contributed by atoms with Gasteiger partial charge in [0.05, 0.1) is 12.3 Å². The Morgan fingerprint density at radius 3 is 2.35 bits per heavy atom. The number of carboxylic acids is 1. The Morgan fingerprint density at radius 2 is 1.71 bits per heavy atom. The fraction of sp³-hybridized carbons (Fsp3) is 0.333. The zero-order chi connectivity index (χ0) is 21.7. The molecule has 1 aliphatic carbocycles. The monoisotopic (exact) mass is 457 g/mol. The third kappa shape index (κ3) is 5.46. The van der Waals surface area contributed by atoms with Crippen LogP contribution in [-0.2, 0) is 11.2 Å². The predicted molar refractivity (Wildman–Crippen MR) is 122 cm³/mol. The van der Waals surface area contributed by atoms with E-state index in [0.717, 1.165) is 46.2 Å². The number of hydrogen-bond donors (Lipinski definition) is 1. The van der Waals surface area contributed by atoms with Gasteiger partial charge in [-0.15, -0.1) is 11.3 Å². The molecule has 4 nitrogen and oxygen atoms in total. The van der Waals surface area contributed by atoms with Gasteiger partial charge in [-0.05, 0) is 48.2 Å². The molecule has 0 radical (unpaired) electrons. The lowest BCUT2D eigenvalue weighted by molar-refractivity contribution is -0.140. The van der Waals surface area contributed by atoms with Crippen LogP contribution in [0.1, 0.15) is 37.8 Å². The van der Waals surface area contributed by atoms with Gasteiger partial charge in [-0.25, -0.2) is 9.37 Å². The average Bonchev–Trinajstić information content (AvgIpc) is 3.22. The number of rotatable bonds is 8. The molecule has 1 heterocycles. The van der Waals surface area contributed by atoms with Gasteiger partial charge in [0.1, 0.15) is 16.3 Å². The highest BCUT2D eigenvalue weighted by molar-refractivity contribution is 8.03. The summed E-state index contributed by atoms with van der Waals surface area (Å²) in [7, 11) is 0. The molecule has 2 aromatic carbocycles. The van der Waals surface area contributed by atoms with E-state index in [2.05, 4.69) is 4.98 Å². The Bertz CT molecular complexity index is 1010. The lowest BCUT2D eigenvalue weighted by atomic mass is 9.88. The van der Waals surface area contributed by atoms with Crippen molar-refractivity contribution < 1.29 is 19.0 Å². The van der Waals surface area contributed by atoms with Crippen LogP contribution in [0.25, 0.3) is 11.1 Å². The van der Waals surface area contributed by atoms with E-state index in [4.69, 9.17) is 4.74 Å². The van der Waals surface area contributed by atoms with E-state index >= 15 is 0 Å². The quantitative estimate of drug-likeness (QED) is 0.421. The number of aromatic nitrogens is 1. The van der Waals surface area contributed by atoms with Crippen molar-refractivity contribution in [3.05, 3.63) is 65.4 Å². The molecule has 0 saturated heterocycles. The average molecular weight is 458 g/mol. The standard InChI is InChI=1S/C24H24FNO3S2/c25-19-8-4-17(5-9-19)18-6-10-21(11-7-18)29-15-12-20-16-30-23(26-20)31-24(22(27)28)13-2-1-3-14-24/h4-11,16H,1-3,12-15H2,(H,27,28). The normalized spacial score (nSPS) is 15.5. The maximum Gasteiger partial charge on any atom is 0.320 e. The largest absolute Gasteiger partial charge is 0.493 e. The maximum atomic E-state index is 13.1. The third-order valence-electron chi connectivity index (χ3n) is 5.52. The molecule has 0 spiro atoms. The molecular weight excluding hydrogens is 433 g/mol. The summed E-state index contributed by atoms with van der Waals surface area (Å²) >= 11 is 2.93. The zero-order valence-electron chi connectivity index (χ0n) is 17.1. The minimum atomic E-state index is -0.726. The minimum Gasteiger partial charge on any atom is -0.493 e. The predicted octanol–water partition coefficient (Wildman–Crippen LogP) is 6.45. The summed E-state index contributed by atoms with van der Waals surface area (Å²) in [6.07, 6.45) is 5.12. The Morgan fingerprint density at radius 1 is 1.06 bits per heavy atom. The molecule has 1 saturated carbocycles. The first-order valence-electron chi connectivity index (χ1n) is 10.4. The number of thioether (sulfide) groups is 1. The zero-order valence-corrected chi connectivity index (χ0v) is 18.7. The number of ether oxygens (including phenoxy) is 1. The van der Waals surface area contributed by atoms with Crippen molar-refractivity contribution in [3.63, 3.8) is 0 Å². The van der Waals surface area contributed by atoms with Crippen molar-refractivity contribution >= 4 is 29.1 Å². The second kappa shape index (κ2) is 9.83. The highest BCUT2D eigenvalue weighted by atomic mass is 32.2. The third-order valence-corrected chi connectivity index (χ3v) is 7.98. The van der Waals surface area contributed by atoms with Gasteiger partial charge in [-0.2, -0.15) is 0 Å². The maximum absolute atomic E-state index is 13.1. The molecule has 31 heavy (non-hydrogen) atoms. The van der Waals surface area contributed by atoms with Gasteiger partial charge in [0.15, 0.2) is 4.34 Å². The Labute approximate surface area is 189 Å². The molecule has 0 aliphatic heterocycles. The fourth-order valence-corrected chi connectivity index (χ4v) is 6.23. The molecule has 7 heteroatoms. The van der Waals surface area contributed by atoms with Crippen LogP contribution >= 0.6 is 23.1 Å². The molecule has 1 aliphatic rings.